The first kappa shape index (κ1) is 26.0. The molecule has 0 fully saturated rings. The van der Waals surface area contributed by atoms with E-state index in [0.717, 1.165) is 25.7 Å². The molecule has 0 spiro atoms. The van der Waals surface area contributed by atoms with Gasteiger partial charge in [-0.15, -0.1) is 0 Å². The van der Waals surface area contributed by atoms with Crippen LogP contribution in [-0.4, -0.2) is 0 Å². The van der Waals surface area contributed by atoms with Crippen LogP contribution in [0.5, 0.6) is 0 Å². The standard InChI is InChI=1S/C30H26.2ClH.Zr/c1-19-7-5-10-24-18-28-22(14-13-20(2)30(28)29(19)24)16-15-21-9-6-12-26-25-11-4-3-8-23(25)17-27(21)26;;;/h3-14H,15-18H2,1-2H3;2*1H;/q;;;+2/p-2. The molecule has 33 heavy (non-hydrogen) atoms. The van der Waals surface area contributed by atoms with Gasteiger partial charge in [-0.05, 0) is 106 Å². The molecule has 0 nitrogen and oxygen atoms in total. The Morgan fingerprint density at radius 3 is 1.97 bits per heavy atom. The second-order valence-electron chi connectivity index (χ2n) is 8.96. The fraction of sp³-hybridized carbons (Fsp3) is 0.200. The smallest absolute Gasteiger partial charge is 1.00 e. The van der Waals surface area contributed by atoms with Crippen molar-refractivity contribution in [2.45, 2.75) is 39.5 Å². The van der Waals surface area contributed by atoms with E-state index < -0.39 is 0 Å². The van der Waals surface area contributed by atoms with E-state index in [1.54, 1.807) is 11.1 Å². The van der Waals surface area contributed by atoms with E-state index in [2.05, 4.69) is 86.6 Å². The van der Waals surface area contributed by atoms with Gasteiger partial charge in [-0.1, -0.05) is 72.8 Å². The van der Waals surface area contributed by atoms with Crippen LogP contribution in [0.25, 0.3) is 22.3 Å². The first-order chi connectivity index (χ1) is 14.7. The molecule has 164 valence electrons. The molecule has 0 heterocycles. The Hall–Kier alpha value is -1.66. The molecular formula is C30H26Cl2Zr. The van der Waals surface area contributed by atoms with Gasteiger partial charge in [0.25, 0.3) is 0 Å². The van der Waals surface area contributed by atoms with Crippen molar-refractivity contribution in [1.82, 2.24) is 0 Å². The summed E-state index contributed by atoms with van der Waals surface area (Å²) in [5, 5.41) is 0. The predicted octanol–water partition coefficient (Wildman–Crippen LogP) is 1.24. The maximum Gasteiger partial charge on any atom is 2.00 e. The molecule has 0 saturated heterocycles. The van der Waals surface area contributed by atoms with E-state index in [-0.39, 0.29) is 51.0 Å². The van der Waals surface area contributed by atoms with Gasteiger partial charge in [0, 0.05) is 0 Å². The summed E-state index contributed by atoms with van der Waals surface area (Å²) >= 11 is 0. The average molecular weight is 549 g/mol. The number of fused-ring (bicyclic) bond motifs is 6. The van der Waals surface area contributed by atoms with E-state index in [1.165, 1.54) is 55.6 Å². The maximum absolute atomic E-state index is 2.38. The molecular weight excluding hydrogens is 522 g/mol. The van der Waals surface area contributed by atoms with E-state index in [9.17, 15) is 0 Å². The Labute approximate surface area is 228 Å². The number of aryl methyl sites for hydroxylation is 4. The van der Waals surface area contributed by atoms with Crippen molar-refractivity contribution in [1.29, 1.82) is 0 Å². The van der Waals surface area contributed by atoms with Gasteiger partial charge >= 0.3 is 26.2 Å². The molecule has 4 aromatic rings. The zero-order valence-corrected chi connectivity index (χ0v) is 23.0. The van der Waals surface area contributed by atoms with Gasteiger partial charge in [0.05, 0.1) is 0 Å². The van der Waals surface area contributed by atoms with E-state index in [4.69, 9.17) is 0 Å². The third-order valence-corrected chi connectivity index (χ3v) is 7.21. The summed E-state index contributed by atoms with van der Waals surface area (Å²) in [5.41, 5.74) is 17.8. The molecule has 6 rings (SSSR count). The van der Waals surface area contributed by atoms with E-state index >= 15 is 0 Å². The monoisotopic (exact) mass is 546 g/mol. The molecule has 0 aromatic heterocycles. The fourth-order valence-corrected chi connectivity index (χ4v) is 5.74. The van der Waals surface area contributed by atoms with Crippen molar-refractivity contribution in [2.75, 3.05) is 0 Å². The SMILES string of the molecule is Cc1cccc2c1-c1c(C)ccc(CCc3cccc4c3Cc3ccccc3-4)c1C2.[Cl-].[Cl-].[Zr+2]. The number of benzene rings is 4. The summed E-state index contributed by atoms with van der Waals surface area (Å²) in [6.45, 7) is 4.52. The summed E-state index contributed by atoms with van der Waals surface area (Å²) in [4.78, 5) is 0. The minimum Gasteiger partial charge on any atom is -1.00 e. The number of hydrogen-bond donors (Lipinski definition) is 0. The Kier molecular flexibility index (Phi) is 8.11. The second-order valence-corrected chi connectivity index (χ2v) is 8.96. The molecule has 0 atom stereocenters. The van der Waals surface area contributed by atoms with E-state index in [0.29, 0.717) is 0 Å². The number of halogens is 2. The van der Waals surface area contributed by atoms with Gasteiger partial charge in [0.2, 0.25) is 0 Å². The summed E-state index contributed by atoms with van der Waals surface area (Å²) < 4.78 is 0. The zero-order valence-electron chi connectivity index (χ0n) is 19.0. The first-order valence-electron chi connectivity index (χ1n) is 11.1. The Bertz CT molecular complexity index is 1320. The van der Waals surface area contributed by atoms with Gasteiger partial charge in [-0.25, -0.2) is 0 Å². The molecule has 0 saturated carbocycles. The molecule has 2 aliphatic carbocycles. The molecule has 0 bridgehead atoms. The van der Waals surface area contributed by atoms with Gasteiger partial charge in [-0.3, -0.25) is 0 Å². The first-order valence-corrected chi connectivity index (χ1v) is 11.1. The molecule has 0 radical (unpaired) electrons. The molecule has 0 unspecified atom stereocenters. The fourth-order valence-electron chi connectivity index (χ4n) is 5.74. The van der Waals surface area contributed by atoms with Crippen LogP contribution in [0.1, 0.15) is 44.5 Å². The quantitative estimate of drug-likeness (QED) is 0.312. The van der Waals surface area contributed by atoms with Gasteiger partial charge in [0.15, 0.2) is 0 Å². The largest absolute Gasteiger partial charge is 2.00 e. The van der Waals surface area contributed by atoms with Crippen LogP contribution in [0.2, 0.25) is 0 Å². The van der Waals surface area contributed by atoms with Crippen molar-refractivity contribution < 1.29 is 51.0 Å². The van der Waals surface area contributed by atoms with Crippen LogP contribution in [0, 0.1) is 13.8 Å². The van der Waals surface area contributed by atoms with Crippen LogP contribution in [-0.2, 0) is 51.9 Å². The maximum atomic E-state index is 2.38. The third-order valence-electron chi connectivity index (χ3n) is 7.21. The topological polar surface area (TPSA) is 0 Å². The summed E-state index contributed by atoms with van der Waals surface area (Å²) in [7, 11) is 0. The Balaban J connectivity index is 0.00000102. The summed E-state index contributed by atoms with van der Waals surface area (Å²) in [6, 6.07) is 27.3. The van der Waals surface area contributed by atoms with Gasteiger partial charge < -0.3 is 24.8 Å². The van der Waals surface area contributed by atoms with Gasteiger partial charge in [0.1, 0.15) is 0 Å². The Morgan fingerprint density at radius 1 is 0.545 bits per heavy atom. The second kappa shape index (κ2) is 10.3. The number of rotatable bonds is 3. The van der Waals surface area contributed by atoms with Crippen LogP contribution in [0.3, 0.4) is 0 Å². The van der Waals surface area contributed by atoms with Crippen molar-refractivity contribution in [3.8, 4) is 22.3 Å². The Morgan fingerprint density at radius 2 is 1.15 bits per heavy atom. The molecule has 3 heteroatoms. The van der Waals surface area contributed by atoms with Crippen molar-refractivity contribution in [3.63, 3.8) is 0 Å². The normalized spacial score (nSPS) is 11.8. The predicted molar refractivity (Wildman–Crippen MR) is 126 cm³/mol. The van der Waals surface area contributed by atoms with Crippen LogP contribution >= 0.6 is 0 Å². The van der Waals surface area contributed by atoms with Crippen LogP contribution in [0.15, 0.2) is 72.8 Å². The zero-order chi connectivity index (χ0) is 20.2. The summed E-state index contributed by atoms with van der Waals surface area (Å²) in [5.74, 6) is 0. The third kappa shape index (κ3) is 4.29. The molecule has 0 N–H and O–H groups in total. The van der Waals surface area contributed by atoms with Crippen molar-refractivity contribution in [3.05, 3.63) is 117 Å². The van der Waals surface area contributed by atoms with Crippen molar-refractivity contribution >= 4 is 0 Å². The number of hydrogen-bond acceptors (Lipinski definition) is 0. The van der Waals surface area contributed by atoms with Crippen LogP contribution in [0.4, 0.5) is 0 Å². The van der Waals surface area contributed by atoms with Crippen molar-refractivity contribution in [2.24, 2.45) is 0 Å². The minimum atomic E-state index is 0. The van der Waals surface area contributed by atoms with Crippen LogP contribution < -0.4 is 24.8 Å². The minimum absolute atomic E-state index is 0. The van der Waals surface area contributed by atoms with Gasteiger partial charge in [-0.2, -0.15) is 0 Å². The molecule has 2 aliphatic rings. The summed E-state index contributed by atoms with van der Waals surface area (Å²) in [6.07, 6.45) is 4.39. The van der Waals surface area contributed by atoms with E-state index in [1.807, 2.05) is 0 Å². The average Bonchev–Trinajstić information content (AvgIpc) is 3.34. The molecule has 0 amide bonds. The molecule has 0 aliphatic heterocycles. The molecule has 4 aromatic carbocycles.